The molecule has 0 heterocycles. The van der Waals surface area contributed by atoms with Gasteiger partial charge in [0.25, 0.3) is 5.92 Å². The van der Waals surface area contributed by atoms with E-state index >= 15 is 0 Å². The summed E-state index contributed by atoms with van der Waals surface area (Å²) in [6.45, 7) is 6.16. The number of hydrogen-bond acceptors (Lipinski definition) is 3. The topological polar surface area (TPSA) is 47.6 Å². The number of halogens is 2. The van der Waals surface area contributed by atoms with Crippen molar-refractivity contribution in [2.75, 3.05) is 6.61 Å². The zero-order valence-corrected chi connectivity index (χ0v) is 15.2. The van der Waals surface area contributed by atoms with Crippen LogP contribution >= 0.6 is 0 Å². The molecule has 4 nitrogen and oxygen atoms in total. The maximum atomic E-state index is 13.5. The fourth-order valence-corrected chi connectivity index (χ4v) is 2.22. The fraction of sp³-hybridized carbons (Fsp3) is 0.286. The Morgan fingerprint density at radius 3 is 2.33 bits per heavy atom. The van der Waals surface area contributed by atoms with E-state index < -0.39 is 12.0 Å². The highest BCUT2D eigenvalue weighted by Crippen LogP contribution is 2.30. The number of unbranched alkanes of at least 4 members (excludes halogenated alkanes) is 1. The summed E-state index contributed by atoms with van der Waals surface area (Å²) in [4.78, 5) is 11.8. The second kappa shape index (κ2) is 9.71. The first-order valence-corrected chi connectivity index (χ1v) is 8.74. The Balaban J connectivity index is 1.81. The van der Waals surface area contributed by atoms with Crippen LogP contribution in [-0.4, -0.2) is 12.7 Å². The van der Waals surface area contributed by atoms with Crippen molar-refractivity contribution in [2.45, 2.75) is 32.2 Å². The lowest BCUT2D eigenvalue weighted by atomic mass is 10.1. The zero-order valence-electron chi connectivity index (χ0n) is 15.2. The first kappa shape index (κ1) is 20.4. The summed E-state index contributed by atoms with van der Waals surface area (Å²) in [5, 5.41) is 2.61. The molecule has 0 aliphatic carbocycles. The van der Waals surface area contributed by atoms with Gasteiger partial charge in [0.15, 0.2) is 0 Å². The van der Waals surface area contributed by atoms with Crippen molar-refractivity contribution >= 4 is 6.09 Å². The summed E-state index contributed by atoms with van der Waals surface area (Å²) in [5.74, 6) is -2.16. The van der Waals surface area contributed by atoms with Crippen molar-refractivity contribution in [1.29, 1.82) is 0 Å². The molecule has 0 radical (unpaired) electrons. The van der Waals surface area contributed by atoms with Gasteiger partial charge in [-0.05, 0) is 54.5 Å². The predicted octanol–water partition coefficient (Wildman–Crippen LogP) is 5.43. The summed E-state index contributed by atoms with van der Waals surface area (Å²) in [6.07, 6.45) is 1.97. The van der Waals surface area contributed by atoms with Gasteiger partial charge in [-0.1, -0.05) is 32.1 Å². The monoisotopic (exact) mass is 375 g/mol. The molecule has 1 amide bonds. The lowest BCUT2D eigenvalue weighted by Crippen LogP contribution is -2.26. The number of hydrogen-bond donors (Lipinski definition) is 1. The number of ether oxygens (including phenoxy) is 2. The van der Waals surface area contributed by atoms with Crippen molar-refractivity contribution < 1.29 is 23.0 Å². The normalized spacial score (nSPS) is 10.9. The maximum Gasteiger partial charge on any atom is 0.412 e. The van der Waals surface area contributed by atoms with Crippen molar-refractivity contribution in [1.82, 2.24) is 5.32 Å². The van der Waals surface area contributed by atoms with Gasteiger partial charge in [-0.25, -0.2) is 4.79 Å². The molecule has 0 unspecified atom stereocenters. The average Bonchev–Trinajstić information content (AvgIpc) is 2.68. The molecule has 2 aromatic carbocycles. The minimum absolute atomic E-state index is 0.177. The second-order valence-corrected chi connectivity index (χ2v) is 5.94. The highest BCUT2D eigenvalue weighted by Gasteiger charge is 2.26. The van der Waals surface area contributed by atoms with Crippen LogP contribution in [-0.2, 0) is 12.5 Å². The molecule has 6 heteroatoms. The van der Waals surface area contributed by atoms with E-state index in [0.29, 0.717) is 12.7 Å². The Morgan fingerprint density at radius 1 is 1.11 bits per heavy atom. The van der Waals surface area contributed by atoms with Crippen LogP contribution in [0.1, 0.15) is 30.9 Å². The lowest BCUT2D eigenvalue weighted by molar-refractivity contribution is 0.0525. The molecule has 144 valence electrons. The van der Waals surface area contributed by atoms with Crippen LogP contribution in [0.15, 0.2) is 61.2 Å². The SMILES string of the molecule is C=CC(F)(F)c1ccc(OC(=O)NCc2ccc(OCCCC)cc2)cc1. The van der Waals surface area contributed by atoms with Crippen molar-refractivity contribution in [3.8, 4) is 11.5 Å². The van der Waals surface area contributed by atoms with Crippen LogP contribution in [0.25, 0.3) is 0 Å². The minimum Gasteiger partial charge on any atom is -0.494 e. The van der Waals surface area contributed by atoms with E-state index in [9.17, 15) is 13.6 Å². The molecule has 27 heavy (non-hydrogen) atoms. The molecule has 0 fully saturated rings. The number of carbonyl (C=O) groups is 1. The standard InChI is InChI=1S/C21H23F2NO3/c1-3-5-14-26-18-10-6-16(7-11-18)15-24-20(25)27-19-12-8-17(9-13-19)21(22,23)4-2/h4,6-13H,2-3,5,14-15H2,1H3,(H,24,25). The third kappa shape index (κ3) is 6.40. The number of alkyl halides is 2. The lowest BCUT2D eigenvalue weighted by Gasteiger charge is -2.12. The van der Waals surface area contributed by atoms with Gasteiger partial charge < -0.3 is 14.8 Å². The van der Waals surface area contributed by atoms with Crippen LogP contribution in [0, 0.1) is 0 Å². The van der Waals surface area contributed by atoms with Gasteiger partial charge in [0.05, 0.1) is 6.61 Å². The molecule has 0 aromatic heterocycles. The van der Waals surface area contributed by atoms with E-state index in [1.165, 1.54) is 24.3 Å². The van der Waals surface area contributed by atoms with Crippen LogP contribution in [0.2, 0.25) is 0 Å². The molecule has 1 N–H and O–H groups in total. The summed E-state index contributed by atoms with van der Waals surface area (Å²) in [5.41, 5.74) is 0.669. The van der Waals surface area contributed by atoms with E-state index in [1.807, 2.05) is 24.3 Å². The second-order valence-electron chi connectivity index (χ2n) is 5.94. The number of benzene rings is 2. The number of amides is 1. The minimum atomic E-state index is -3.12. The maximum absolute atomic E-state index is 13.5. The summed E-state index contributed by atoms with van der Waals surface area (Å²) in [6, 6.07) is 12.4. The molecule has 0 aliphatic heterocycles. The molecular weight excluding hydrogens is 352 g/mol. The van der Waals surface area contributed by atoms with E-state index in [2.05, 4.69) is 18.8 Å². The molecule has 0 saturated carbocycles. The fourth-order valence-electron chi connectivity index (χ4n) is 2.22. The first-order valence-electron chi connectivity index (χ1n) is 8.74. The largest absolute Gasteiger partial charge is 0.494 e. The molecule has 2 rings (SSSR count). The average molecular weight is 375 g/mol. The van der Waals surface area contributed by atoms with Crippen LogP contribution in [0.4, 0.5) is 13.6 Å². The smallest absolute Gasteiger partial charge is 0.412 e. The summed E-state index contributed by atoms with van der Waals surface area (Å²) in [7, 11) is 0. The van der Waals surface area contributed by atoms with Crippen molar-refractivity contribution in [3.05, 3.63) is 72.3 Å². The van der Waals surface area contributed by atoms with E-state index in [-0.39, 0.29) is 17.9 Å². The Kier molecular flexibility index (Phi) is 7.34. The third-order valence-corrected chi connectivity index (χ3v) is 3.83. The highest BCUT2D eigenvalue weighted by molar-refractivity contribution is 5.70. The van der Waals surface area contributed by atoms with E-state index in [4.69, 9.17) is 9.47 Å². The van der Waals surface area contributed by atoms with Gasteiger partial charge in [-0.3, -0.25) is 0 Å². The van der Waals surface area contributed by atoms with Crippen LogP contribution in [0.5, 0.6) is 11.5 Å². The molecular formula is C21H23F2NO3. The zero-order chi connectivity index (χ0) is 19.7. The Morgan fingerprint density at radius 2 is 1.74 bits per heavy atom. The van der Waals surface area contributed by atoms with E-state index in [0.717, 1.165) is 24.2 Å². The van der Waals surface area contributed by atoms with Crippen LogP contribution < -0.4 is 14.8 Å². The van der Waals surface area contributed by atoms with Gasteiger partial charge in [0.2, 0.25) is 0 Å². The van der Waals surface area contributed by atoms with Crippen LogP contribution in [0.3, 0.4) is 0 Å². The van der Waals surface area contributed by atoms with Crippen molar-refractivity contribution in [3.63, 3.8) is 0 Å². The van der Waals surface area contributed by atoms with Gasteiger partial charge in [-0.15, -0.1) is 0 Å². The Labute approximate surface area is 157 Å². The first-order chi connectivity index (χ1) is 12.9. The molecule has 0 spiro atoms. The van der Waals surface area contributed by atoms with Crippen molar-refractivity contribution in [2.24, 2.45) is 0 Å². The van der Waals surface area contributed by atoms with Gasteiger partial charge in [-0.2, -0.15) is 8.78 Å². The molecule has 0 saturated heterocycles. The Bertz CT molecular complexity index is 743. The summed E-state index contributed by atoms with van der Waals surface area (Å²) >= 11 is 0. The van der Waals surface area contributed by atoms with E-state index in [1.54, 1.807) is 0 Å². The van der Waals surface area contributed by atoms with Gasteiger partial charge in [0, 0.05) is 12.1 Å². The number of rotatable bonds is 9. The highest BCUT2D eigenvalue weighted by atomic mass is 19.3. The number of allylic oxidation sites excluding steroid dienone is 1. The molecule has 0 aliphatic rings. The Hall–Kier alpha value is -2.89. The molecule has 0 bridgehead atoms. The molecule has 0 atom stereocenters. The quantitative estimate of drug-likeness (QED) is 0.469. The number of nitrogens with one attached hydrogen (secondary N) is 1. The van der Waals surface area contributed by atoms with Gasteiger partial charge in [0.1, 0.15) is 11.5 Å². The van der Waals surface area contributed by atoms with Gasteiger partial charge >= 0.3 is 6.09 Å². The number of carbonyl (C=O) groups excluding carboxylic acids is 1. The predicted molar refractivity (Wildman–Crippen MR) is 100 cm³/mol. The summed E-state index contributed by atoms with van der Waals surface area (Å²) < 4.78 is 37.6. The molecule has 2 aromatic rings. The third-order valence-electron chi connectivity index (χ3n) is 3.83.